The lowest BCUT2D eigenvalue weighted by Gasteiger charge is -2.06. The number of amides is 2. The molecule has 0 unspecified atom stereocenters. The van der Waals surface area contributed by atoms with Gasteiger partial charge < -0.3 is 9.73 Å². The van der Waals surface area contributed by atoms with Crippen LogP contribution in [-0.2, 0) is 4.79 Å². The smallest absolute Gasteiger partial charge is 0.259 e. The van der Waals surface area contributed by atoms with Crippen molar-refractivity contribution in [2.75, 3.05) is 6.54 Å². The van der Waals surface area contributed by atoms with Crippen LogP contribution in [0.1, 0.15) is 23.0 Å². The van der Waals surface area contributed by atoms with Gasteiger partial charge >= 0.3 is 0 Å². The first-order chi connectivity index (χ1) is 10.6. The molecule has 2 rings (SSSR count). The first-order valence-corrected chi connectivity index (χ1v) is 7.27. The quantitative estimate of drug-likeness (QED) is 0.631. The number of carbonyl (C=O) groups is 2. The molecule has 22 heavy (non-hydrogen) atoms. The zero-order valence-electron chi connectivity index (χ0n) is 11.8. The van der Waals surface area contributed by atoms with Crippen molar-refractivity contribution >= 4 is 33.5 Å². The Hall–Kier alpha value is -2.41. The number of hydrazone groups is 1. The lowest BCUT2D eigenvalue weighted by atomic mass is 10.2. The Labute approximate surface area is 135 Å². The summed E-state index contributed by atoms with van der Waals surface area (Å²) in [4.78, 5) is 23.6. The van der Waals surface area contributed by atoms with Crippen molar-refractivity contribution in [1.82, 2.24) is 10.7 Å². The standard InChI is InChI=1S/C15H14BrN3O3/c1-10(13-7-4-8-22-13)18-19-14(20)9-17-15(21)11-5-2-3-6-12(11)16/h2-8H,9H2,1H3,(H,17,21)(H,19,20)/b18-10-. The SMILES string of the molecule is C/C(=N/NC(=O)CNC(=O)c1ccccc1Br)c1ccco1. The van der Waals surface area contributed by atoms with Gasteiger partial charge in [-0.2, -0.15) is 5.10 Å². The van der Waals surface area contributed by atoms with Gasteiger partial charge in [0.2, 0.25) is 0 Å². The van der Waals surface area contributed by atoms with Crippen molar-refractivity contribution in [3.63, 3.8) is 0 Å². The Morgan fingerprint density at radius 3 is 2.68 bits per heavy atom. The van der Waals surface area contributed by atoms with Gasteiger partial charge in [-0.05, 0) is 47.1 Å². The molecule has 114 valence electrons. The van der Waals surface area contributed by atoms with Crippen LogP contribution in [0.25, 0.3) is 0 Å². The van der Waals surface area contributed by atoms with E-state index >= 15 is 0 Å². The third-order valence-electron chi connectivity index (χ3n) is 2.75. The third-order valence-corrected chi connectivity index (χ3v) is 3.45. The molecule has 1 aromatic heterocycles. The highest BCUT2D eigenvalue weighted by molar-refractivity contribution is 9.10. The molecule has 7 heteroatoms. The average molecular weight is 364 g/mol. The minimum atomic E-state index is -0.425. The fraction of sp³-hybridized carbons (Fsp3) is 0.133. The summed E-state index contributed by atoms with van der Waals surface area (Å²) in [6, 6.07) is 10.4. The van der Waals surface area contributed by atoms with Crippen molar-refractivity contribution in [2.45, 2.75) is 6.92 Å². The molecule has 2 aromatic rings. The fourth-order valence-corrected chi connectivity index (χ4v) is 2.09. The molecular formula is C15H14BrN3O3. The van der Waals surface area contributed by atoms with Gasteiger partial charge in [-0.25, -0.2) is 5.43 Å². The molecular weight excluding hydrogens is 350 g/mol. The van der Waals surface area contributed by atoms with Gasteiger partial charge in [-0.1, -0.05) is 12.1 Å². The number of rotatable bonds is 5. The summed E-state index contributed by atoms with van der Waals surface area (Å²) in [7, 11) is 0. The predicted molar refractivity (Wildman–Crippen MR) is 85.5 cm³/mol. The molecule has 0 fully saturated rings. The van der Waals surface area contributed by atoms with Gasteiger partial charge in [-0.3, -0.25) is 9.59 Å². The van der Waals surface area contributed by atoms with Crippen LogP contribution in [0.4, 0.5) is 0 Å². The Kier molecular flexibility index (Phi) is 5.48. The van der Waals surface area contributed by atoms with E-state index in [9.17, 15) is 9.59 Å². The zero-order valence-corrected chi connectivity index (χ0v) is 13.4. The first kappa shape index (κ1) is 16.0. The van der Waals surface area contributed by atoms with Crippen molar-refractivity contribution < 1.29 is 14.0 Å². The van der Waals surface area contributed by atoms with Gasteiger partial charge in [0.05, 0.1) is 18.4 Å². The number of hydrogen-bond acceptors (Lipinski definition) is 4. The second-order valence-electron chi connectivity index (χ2n) is 4.37. The molecule has 1 aromatic carbocycles. The predicted octanol–water partition coefficient (Wildman–Crippen LogP) is 2.31. The fourth-order valence-electron chi connectivity index (χ4n) is 1.63. The van der Waals surface area contributed by atoms with Crippen LogP contribution in [0.15, 0.2) is 56.7 Å². The van der Waals surface area contributed by atoms with E-state index in [0.29, 0.717) is 21.5 Å². The van der Waals surface area contributed by atoms with E-state index in [4.69, 9.17) is 4.42 Å². The van der Waals surface area contributed by atoms with E-state index in [-0.39, 0.29) is 12.5 Å². The molecule has 0 spiro atoms. The largest absolute Gasteiger partial charge is 0.463 e. The second-order valence-corrected chi connectivity index (χ2v) is 5.23. The van der Waals surface area contributed by atoms with Crippen LogP contribution in [0, 0.1) is 0 Å². The molecule has 0 radical (unpaired) electrons. The first-order valence-electron chi connectivity index (χ1n) is 6.47. The summed E-state index contributed by atoms with van der Waals surface area (Å²) >= 11 is 3.28. The highest BCUT2D eigenvalue weighted by atomic mass is 79.9. The van der Waals surface area contributed by atoms with Crippen molar-refractivity contribution in [1.29, 1.82) is 0 Å². The van der Waals surface area contributed by atoms with Crippen molar-refractivity contribution in [2.24, 2.45) is 5.10 Å². The van der Waals surface area contributed by atoms with Crippen molar-refractivity contribution in [3.8, 4) is 0 Å². The van der Waals surface area contributed by atoms with Gasteiger partial charge in [0.1, 0.15) is 11.5 Å². The number of furan rings is 1. The lowest BCUT2D eigenvalue weighted by molar-refractivity contribution is -0.120. The number of hydrogen-bond donors (Lipinski definition) is 2. The van der Waals surface area contributed by atoms with Crippen LogP contribution in [0.5, 0.6) is 0 Å². The second kappa shape index (κ2) is 7.56. The van der Waals surface area contributed by atoms with E-state index in [1.807, 2.05) is 0 Å². The summed E-state index contributed by atoms with van der Waals surface area (Å²) in [5.41, 5.74) is 3.36. The molecule has 1 heterocycles. The molecule has 2 amide bonds. The number of carbonyl (C=O) groups excluding carboxylic acids is 2. The lowest BCUT2D eigenvalue weighted by Crippen LogP contribution is -2.35. The molecule has 0 aliphatic heterocycles. The highest BCUT2D eigenvalue weighted by Crippen LogP contribution is 2.15. The maximum atomic E-state index is 11.9. The van der Waals surface area contributed by atoms with Gasteiger partial charge in [0.15, 0.2) is 0 Å². The monoisotopic (exact) mass is 363 g/mol. The third kappa shape index (κ3) is 4.29. The van der Waals surface area contributed by atoms with Crippen molar-refractivity contribution in [3.05, 3.63) is 58.5 Å². The van der Waals surface area contributed by atoms with Crippen LogP contribution < -0.4 is 10.7 Å². The van der Waals surface area contributed by atoms with Crippen LogP contribution in [-0.4, -0.2) is 24.1 Å². The summed E-state index contributed by atoms with van der Waals surface area (Å²) in [6.07, 6.45) is 1.52. The maximum absolute atomic E-state index is 11.9. The van der Waals surface area contributed by atoms with Crippen LogP contribution >= 0.6 is 15.9 Å². The summed E-state index contributed by atoms with van der Waals surface area (Å²) < 4.78 is 5.81. The minimum Gasteiger partial charge on any atom is -0.463 e. The van der Waals surface area contributed by atoms with Crippen LogP contribution in [0.3, 0.4) is 0 Å². The number of nitrogens with one attached hydrogen (secondary N) is 2. The highest BCUT2D eigenvalue weighted by Gasteiger charge is 2.10. The molecule has 0 aliphatic rings. The normalized spacial score (nSPS) is 11.1. The molecule has 0 saturated carbocycles. The number of halogens is 1. The Morgan fingerprint density at radius 1 is 1.23 bits per heavy atom. The molecule has 2 N–H and O–H groups in total. The van der Waals surface area contributed by atoms with E-state index in [0.717, 1.165) is 0 Å². The topological polar surface area (TPSA) is 83.7 Å². The molecule has 6 nitrogen and oxygen atoms in total. The maximum Gasteiger partial charge on any atom is 0.259 e. The van der Waals surface area contributed by atoms with E-state index in [1.54, 1.807) is 43.3 Å². The number of benzene rings is 1. The van der Waals surface area contributed by atoms with E-state index < -0.39 is 5.91 Å². The molecule has 0 aliphatic carbocycles. The molecule has 0 bridgehead atoms. The Balaban J connectivity index is 1.84. The van der Waals surface area contributed by atoms with Gasteiger partial charge in [0, 0.05) is 4.47 Å². The zero-order chi connectivity index (χ0) is 15.9. The van der Waals surface area contributed by atoms with Gasteiger partial charge in [-0.15, -0.1) is 0 Å². The Morgan fingerprint density at radius 2 is 2.00 bits per heavy atom. The molecule has 0 saturated heterocycles. The number of nitrogens with zero attached hydrogens (tertiary/aromatic N) is 1. The summed E-state index contributed by atoms with van der Waals surface area (Å²) in [6.45, 7) is 1.54. The minimum absolute atomic E-state index is 0.172. The Bertz CT molecular complexity index is 696. The molecule has 0 atom stereocenters. The van der Waals surface area contributed by atoms with Gasteiger partial charge in [0.25, 0.3) is 11.8 Å². The van der Waals surface area contributed by atoms with E-state index in [2.05, 4.69) is 31.8 Å². The van der Waals surface area contributed by atoms with E-state index in [1.165, 1.54) is 6.26 Å². The summed E-state index contributed by atoms with van der Waals surface area (Å²) in [5, 5.41) is 6.42. The van der Waals surface area contributed by atoms with Crippen LogP contribution in [0.2, 0.25) is 0 Å². The average Bonchev–Trinajstić information content (AvgIpc) is 3.05. The summed E-state index contributed by atoms with van der Waals surface area (Å²) in [5.74, 6) is -0.196.